The number of hydrogen-bond donors (Lipinski definition) is 2. The Bertz CT molecular complexity index is 509. The summed E-state index contributed by atoms with van der Waals surface area (Å²) in [4.78, 5) is 11.0. The minimum absolute atomic E-state index is 0.0643. The van der Waals surface area contributed by atoms with Crippen molar-refractivity contribution in [2.24, 2.45) is 5.92 Å². The van der Waals surface area contributed by atoms with Gasteiger partial charge >= 0.3 is 5.97 Å². The molecule has 0 saturated heterocycles. The van der Waals surface area contributed by atoms with Crippen molar-refractivity contribution in [1.29, 1.82) is 0 Å². The van der Waals surface area contributed by atoms with Crippen LogP contribution in [0.25, 0.3) is 0 Å². The van der Waals surface area contributed by atoms with E-state index in [-0.39, 0.29) is 10.8 Å². The van der Waals surface area contributed by atoms with E-state index in [2.05, 4.69) is 20.7 Å². The van der Waals surface area contributed by atoms with Gasteiger partial charge in [0.1, 0.15) is 10.9 Å². The largest absolute Gasteiger partial charge is 0.480 e. The number of halogens is 1. The lowest BCUT2D eigenvalue weighted by Gasteiger charge is -2.17. The second kappa shape index (κ2) is 5.47. The van der Waals surface area contributed by atoms with Crippen molar-refractivity contribution in [2.45, 2.75) is 24.8 Å². The molecule has 0 aromatic carbocycles. The van der Waals surface area contributed by atoms with E-state index in [1.165, 1.54) is 16.7 Å². The Morgan fingerprint density at radius 3 is 2.41 bits per heavy atom. The number of carboxylic acid groups (broad SMARTS) is 1. The smallest absolute Gasteiger partial charge is 0.322 e. The number of nitrogens with one attached hydrogen (secondary N) is 1. The fourth-order valence-corrected chi connectivity index (χ4v) is 4.86. The van der Waals surface area contributed by atoms with Gasteiger partial charge in [-0.1, -0.05) is 13.8 Å². The van der Waals surface area contributed by atoms with E-state index >= 15 is 0 Å². The van der Waals surface area contributed by atoms with Crippen LogP contribution in [-0.2, 0) is 14.8 Å². The summed E-state index contributed by atoms with van der Waals surface area (Å²) < 4.78 is 26.5. The highest BCUT2D eigenvalue weighted by atomic mass is 79.9. The summed E-state index contributed by atoms with van der Waals surface area (Å²) in [5.41, 5.74) is 0. The number of carbonyl (C=O) groups is 1. The lowest BCUT2D eigenvalue weighted by Crippen LogP contribution is -2.44. The molecule has 0 aliphatic heterocycles. The molecule has 17 heavy (non-hydrogen) atoms. The molecule has 0 radical (unpaired) electrons. The van der Waals surface area contributed by atoms with Crippen molar-refractivity contribution in [2.75, 3.05) is 0 Å². The second-order valence-electron chi connectivity index (χ2n) is 3.77. The minimum atomic E-state index is -3.80. The molecule has 1 atom stereocenters. The molecule has 0 unspecified atom stereocenters. The van der Waals surface area contributed by atoms with E-state index in [1.807, 2.05) is 0 Å². The van der Waals surface area contributed by atoms with E-state index in [4.69, 9.17) is 5.11 Å². The van der Waals surface area contributed by atoms with Gasteiger partial charge in [0.2, 0.25) is 10.0 Å². The first-order valence-electron chi connectivity index (χ1n) is 4.72. The maximum absolute atomic E-state index is 11.9. The number of rotatable bonds is 5. The number of aliphatic carboxylic acids is 1. The van der Waals surface area contributed by atoms with E-state index < -0.39 is 22.0 Å². The van der Waals surface area contributed by atoms with Gasteiger partial charge in [0.15, 0.2) is 0 Å². The van der Waals surface area contributed by atoms with E-state index in [0.717, 1.165) is 0 Å². The lowest BCUT2D eigenvalue weighted by molar-refractivity contribution is -0.140. The van der Waals surface area contributed by atoms with Crippen LogP contribution in [0.2, 0.25) is 0 Å². The molecule has 0 amide bonds. The average Bonchev–Trinajstić information content (AvgIpc) is 2.60. The van der Waals surface area contributed by atoms with Crippen molar-refractivity contribution in [3.8, 4) is 0 Å². The highest BCUT2D eigenvalue weighted by molar-refractivity contribution is 9.10. The van der Waals surface area contributed by atoms with E-state index in [0.29, 0.717) is 4.47 Å². The van der Waals surface area contributed by atoms with Crippen molar-refractivity contribution >= 4 is 43.3 Å². The highest BCUT2D eigenvalue weighted by Gasteiger charge is 2.29. The molecule has 8 heteroatoms. The summed E-state index contributed by atoms with van der Waals surface area (Å²) in [5.74, 6) is -1.52. The molecule has 96 valence electrons. The molecular weight excluding hydrogens is 330 g/mol. The molecule has 0 bridgehead atoms. The van der Waals surface area contributed by atoms with Crippen LogP contribution in [0.1, 0.15) is 13.8 Å². The third kappa shape index (κ3) is 3.51. The van der Waals surface area contributed by atoms with Crippen LogP contribution in [-0.4, -0.2) is 25.5 Å². The number of thiophene rings is 1. The third-order valence-electron chi connectivity index (χ3n) is 2.09. The fourth-order valence-electron chi connectivity index (χ4n) is 1.16. The summed E-state index contributed by atoms with van der Waals surface area (Å²) in [6.45, 7) is 3.29. The van der Waals surface area contributed by atoms with Crippen LogP contribution in [0, 0.1) is 5.92 Å². The molecular formula is C9H12BrNO4S2. The molecule has 0 aliphatic rings. The molecule has 5 nitrogen and oxygen atoms in total. The predicted molar refractivity (Wildman–Crippen MR) is 68.6 cm³/mol. The van der Waals surface area contributed by atoms with Gasteiger partial charge in [-0.05, 0) is 21.8 Å². The van der Waals surface area contributed by atoms with Gasteiger partial charge in [-0.2, -0.15) is 4.72 Å². The first-order chi connectivity index (χ1) is 7.75. The van der Waals surface area contributed by atoms with Crippen LogP contribution in [0.3, 0.4) is 0 Å². The van der Waals surface area contributed by atoms with Crippen molar-refractivity contribution in [3.63, 3.8) is 0 Å². The molecule has 1 aromatic rings. The van der Waals surface area contributed by atoms with Gasteiger partial charge < -0.3 is 5.11 Å². The zero-order valence-corrected chi connectivity index (χ0v) is 12.4. The van der Waals surface area contributed by atoms with Crippen molar-refractivity contribution in [1.82, 2.24) is 4.72 Å². The second-order valence-corrected chi connectivity index (χ2v) is 7.05. The zero-order valence-electron chi connectivity index (χ0n) is 9.18. The monoisotopic (exact) mass is 341 g/mol. The van der Waals surface area contributed by atoms with Crippen LogP contribution >= 0.6 is 27.3 Å². The zero-order chi connectivity index (χ0) is 13.2. The summed E-state index contributed by atoms with van der Waals surface area (Å²) in [7, 11) is -3.80. The van der Waals surface area contributed by atoms with Gasteiger partial charge in [0.25, 0.3) is 0 Å². The summed E-state index contributed by atoms with van der Waals surface area (Å²) in [6.07, 6.45) is 0. The third-order valence-corrected chi connectivity index (χ3v) is 5.68. The minimum Gasteiger partial charge on any atom is -0.480 e. The van der Waals surface area contributed by atoms with E-state index in [1.54, 1.807) is 19.2 Å². The molecule has 2 N–H and O–H groups in total. The van der Waals surface area contributed by atoms with Gasteiger partial charge in [0.05, 0.1) is 0 Å². The summed E-state index contributed by atoms with van der Waals surface area (Å²) in [6, 6.07) is -1.13. The first kappa shape index (κ1) is 14.6. The lowest BCUT2D eigenvalue weighted by atomic mass is 10.1. The predicted octanol–water partition coefficient (Wildman–Crippen LogP) is 1.90. The molecule has 0 aliphatic carbocycles. The van der Waals surface area contributed by atoms with Crippen molar-refractivity contribution < 1.29 is 18.3 Å². The van der Waals surface area contributed by atoms with Gasteiger partial charge in [-0.3, -0.25) is 4.79 Å². The standard InChI is InChI=1S/C9H12BrNO4S2/c1-5(2)8(9(12)13)11-17(14,15)7-4-16-3-6(7)10/h3-5,8,11H,1-2H3,(H,12,13)/t8-/m1/s1. The molecule has 1 heterocycles. The van der Waals surface area contributed by atoms with Crippen molar-refractivity contribution in [3.05, 3.63) is 15.2 Å². The van der Waals surface area contributed by atoms with Crippen LogP contribution in [0.4, 0.5) is 0 Å². The summed E-state index contributed by atoms with van der Waals surface area (Å²) >= 11 is 4.33. The summed E-state index contributed by atoms with van der Waals surface area (Å²) in [5, 5.41) is 12.0. The fraction of sp³-hybridized carbons (Fsp3) is 0.444. The first-order valence-corrected chi connectivity index (χ1v) is 7.94. The number of hydrogen-bond acceptors (Lipinski definition) is 4. The Morgan fingerprint density at radius 1 is 1.47 bits per heavy atom. The van der Waals surface area contributed by atoms with E-state index in [9.17, 15) is 13.2 Å². The molecule has 1 rings (SSSR count). The number of carboxylic acids is 1. The Morgan fingerprint density at radius 2 is 2.06 bits per heavy atom. The van der Waals surface area contributed by atoms with Gasteiger partial charge in [-0.15, -0.1) is 11.3 Å². The number of sulfonamides is 1. The van der Waals surface area contributed by atoms with Crippen LogP contribution < -0.4 is 4.72 Å². The Balaban J connectivity index is 3.01. The normalized spacial score (nSPS) is 13.9. The SMILES string of the molecule is CC(C)[C@@H](NS(=O)(=O)c1cscc1Br)C(=O)O. The highest BCUT2D eigenvalue weighted by Crippen LogP contribution is 2.26. The average molecular weight is 342 g/mol. The van der Waals surface area contributed by atoms with Gasteiger partial charge in [0, 0.05) is 15.2 Å². The maximum atomic E-state index is 11.9. The van der Waals surface area contributed by atoms with Crippen LogP contribution in [0.5, 0.6) is 0 Å². The molecule has 0 fully saturated rings. The Hall–Kier alpha value is -0.440. The van der Waals surface area contributed by atoms with Crippen LogP contribution in [0.15, 0.2) is 20.1 Å². The Kier molecular flexibility index (Phi) is 4.70. The molecule has 0 saturated carbocycles. The maximum Gasteiger partial charge on any atom is 0.322 e. The topological polar surface area (TPSA) is 83.5 Å². The molecule has 1 aromatic heterocycles. The Labute approximate surface area is 112 Å². The molecule has 0 spiro atoms. The quantitative estimate of drug-likeness (QED) is 0.856. The van der Waals surface area contributed by atoms with Gasteiger partial charge in [-0.25, -0.2) is 8.42 Å².